The summed E-state index contributed by atoms with van der Waals surface area (Å²) in [5, 5.41) is 1.68. The monoisotopic (exact) mass is 343 g/mol. The first kappa shape index (κ1) is 16.4. The van der Waals surface area contributed by atoms with Crippen LogP contribution in [0.2, 0.25) is 15.1 Å². The van der Waals surface area contributed by atoms with Gasteiger partial charge in [0.25, 0.3) is 0 Å². The molecule has 0 bridgehead atoms. The van der Waals surface area contributed by atoms with Crippen LogP contribution in [-0.4, -0.2) is 6.04 Å². The van der Waals surface area contributed by atoms with E-state index in [9.17, 15) is 0 Å². The van der Waals surface area contributed by atoms with Gasteiger partial charge in [0, 0.05) is 26.7 Å². The van der Waals surface area contributed by atoms with Gasteiger partial charge in [0.2, 0.25) is 0 Å². The molecule has 0 fully saturated rings. The lowest BCUT2D eigenvalue weighted by Gasteiger charge is -2.16. The molecular weight excluding hydrogens is 329 g/mol. The number of nitrogens with two attached hydrogens (primary N) is 1. The number of halogens is 3. The smallest absolute Gasteiger partial charge is 0.132 e. The minimum absolute atomic E-state index is 0.0372. The van der Waals surface area contributed by atoms with Crippen LogP contribution in [0.15, 0.2) is 36.4 Å². The van der Waals surface area contributed by atoms with Gasteiger partial charge in [-0.3, -0.25) is 0 Å². The van der Waals surface area contributed by atoms with E-state index in [1.165, 1.54) is 0 Å². The molecule has 0 aliphatic heterocycles. The molecule has 1 atom stereocenters. The first-order valence-electron chi connectivity index (χ1n) is 6.66. The molecule has 0 spiro atoms. The summed E-state index contributed by atoms with van der Waals surface area (Å²) in [5.41, 5.74) is 6.92. The molecule has 2 aromatic carbocycles. The third kappa shape index (κ3) is 4.52. The highest BCUT2D eigenvalue weighted by atomic mass is 35.5. The van der Waals surface area contributed by atoms with Crippen molar-refractivity contribution in [2.45, 2.75) is 25.8 Å². The Kier molecular flexibility index (Phi) is 5.77. The molecule has 21 heavy (non-hydrogen) atoms. The van der Waals surface area contributed by atoms with Gasteiger partial charge >= 0.3 is 0 Å². The van der Waals surface area contributed by atoms with Crippen molar-refractivity contribution in [2.24, 2.45) is 5.73 Å². The van der Waals surface area contributed by atoms with Crippen LogP contribution >= 0.6 is 34.8 Å². The van der Waals surface area contributed by atoms with Crippen molar-refractivity contribution in [3.05, 3.63) is 57.0 Å². The van der Waals surface area contributed by atoms with E-state index in [2.05, 4.69) is 0 Å². The standard InChI is InChI=1S/C16H16Cl3NO/c1-2-12(20)9-14-15(19)4-3-5-16(14)21-13-7-10(17)6-11(18)8-13/h3-8,12H,2,9,20H2,1H3. The van der Waals surface area contributed by atoms with Gasteiger partial charge in [-0.1, -0.05) is 47.8 Å². The Labute approximate surface area is 139 Å². The molecule has 5 heteroatoms. The second kappa shape index (κ2) is 7.37. The molecule has 0 aromatic heterocycles. The topological polar surface area (TPSA) is 35.2 Å². The second-order valence-corrected chi connectivity index (χ2v) is 6.08. The van der Waals surface area contributed by atoms with Crippen molar-refractivity contribution in [1.82, 2.24) is 0 Å². The van der Waals surface area contributed by atoms with Crippen molar-refractivity contribution in [3.8, 4) is 11.5 Å². The zero-order chi connectivity index (χ0) is 15.4. The number of benzene rings is 2. The normalized spacial score (nSPS) is 12.2. The fourth-order valence-corrected chi connectivity index (χ4v) is 2.70. The molecule has 112 valence electrons. The van der Waals surface area contributed by atoms with Crippen molar-refractivity contribution in [3.63, 3.8) is 0 Å². The van der Waals surface area contributed by atoms with Crippen molar-refractivity contribution in [2.75, 3.05) is 0 Å². The number of rotatable bonds is 5. The maximum atomic E-state index is 6.27. The molecule has 1 unspecified atom stereocenters. The van der Waals surface area contributed by atoms with E-state index < -0.39 is 0 Å². The van der Waals surface area contributed by atoms with Crippen LogP contribution in [-0.2, 0) is 6.42 Å². The Bertz CT molecular complexity index is 611. The van der Waals surface area contributed by atoms with Crippen LogP contribution in [0.4, 0.5) is 0 Å². The van der Waals surface area contributed by atoms with Gasteiger partial charge in [-0.15, -0.1) is 0 Å². The van der Waals surface area contributed by atoms with E-state index >= 15 is 0 Å². The van der Waals surface area contributed by atoms with E-state index in [1.807, 2.05) is 25.1 Å². The molecule has 2 N–H and O–H groups in total. The van der Waals surface area contributed by atoms with Gasteiger partial charge in [-0.2, -0.15) is 0 Å². The van der Waals surface area contributed by atoms with Crippen LogP contribution in [0.1, 0.15) is 18.9 Å². The lowest BCUT2D eigenvalue weighted by Crippen LogP contribution is -2.21. The molecule has 0 amide bonds. The highest BCUT2D eigenvalue weighted by Crippen LogP contribution is 2.33. The molecule has 0 heterocycles. The molecule has 0 aliphatic carbocycles. The Hall–Kier alpha value is -0.930. The van der Waals surface area contributed by atoms with Gasteiger partial charge in [-0.25, -0.2) is 0 Å². The third-order valence-electron chi connectivity index (χ3n) is 3.13. The number of hydrogen-bond acceptors (Lipinski definition) is 2. The maximum Gasteiger partial charge on any atom is 0.132 e. The summed E-state index contributed by atoms with van der Waals surface area (Å²) >= 11 is 18.2. The number of ether oxygens (including phenoxy) is 1. The molecule has 0 radical (unpaired) electrons. The van der Waals surface area contributed by atoms with Crippen LogP contribution in [0.25, 0.3) is 0 Å². The second-order valence-electron chi connectivity index (χ2n) is 4.80. The average molecular weight is 345 g/mol. The van der Waals surface area contributed by atoms with Crippen molar-refractivity contribution >= 4 is 34.8 Å². The van der Waals surface area contributed by atoms with E-state index in [4.69, 9.17) is 45.3 Å². The fourth-order valence-electron chi connectivity index (χ4n) is 1.95. The Morgan fingerprint density at radius 2 is 1.76 bits per heavy atom. The summed E-state index contributed by atoms with van der Waals surface area (Å²) in [7, 11) is 0. The molecule has 0 saturated carbocycles. The summed E-state index contributed by atoms with van der Waals surface area (Å²) in [6.07, 6.45) is 1.52. The summed E-state index contributed by atoms with van der Waals surface area (Å²) in [6.45, 7) is 2.04. The third-order valence-corrected chi connectivity index (χ3v) is 3.92. The quantitative estimate of drug-likeness (QED) is 0.753. The summed E-state index contributed by atoms with van der Waals surface area (Å²) in [5.74, 6) is 1.24. The lowest BCUT2D eigenvalue weighted by atomic mass is 10.0. The van der Waals surface area contributed by atoms with Crippen LogP contribution in [0.5, 0.6) is 11.5 Å². The van der Waals surface area contributed by atoms with Crippen molar-refractivity contribution in [1.29, 1.82) is 0 Å². The van der Waals surface area contributed by atoms with Gasteiger partial charge < -0.3 is 10.5 Å². The lowest BCUT2D eigenvalue weighted by molar-refractivity contribution is 0.472. The molecule has 2 aromatic rings. The minimum Gasteiger partial charge on any atom is -0.457 e. The zero-order valence-electron chi connectivity index (χ0n) is 11.6. The Morgan fingerprint density at radius 3 is 2.38 bits per heavy atom. The predicted molar refractivity (Wildman–Crippen MR) is 90.0 cm³/mol. The van der Waals surface area contributed by atoms with E-state index in [1.54, 1.807) is 18.2 Å². The highest BCUT2D eigenvalue weighted by molar-refractivity contribution is 6.34. The van der Waals surface area contributed by atoms with Gasteiger partial charge in [0.15, 0.2) is 0 Å². The first-order chi connectivity index (χ1) is 9.99. The number of hydrogen-bond donors (Lipinski definition) is 1. The first-order valence-corrected chi connectivity index (χ1v) is 7.80. The highest BCUT2D eigenvalue weighted by Gasteiger charge is 2.13. The molecule has 2 rings (SSSR count). The molecule has 2 nitrogen and oxygen atoms in total. The molecule has 0 aliphatic rings. The largest absolute Gasteiger partial charge is 0.457 e. The van der Waals surface area contributed by atoms with Crippen molar-refractivity contribution < 1.29 is 4.74 Å². The Morgan fingerprint density at radius 1 is 1.10 bits per heavy atom. The van der Waals surface area contributed by atoms with E-state index in [-0.39, 0.29) is 6.04 Å². The van der Waals surface area contributed by atoms with Crippen LogP contribution in [0.3, 0.4) is 0 Å². The predicted octanol–water partition coefficient (Wildman–Crippen LogP) is 5.72. The van der Waals surface area contributed by atoms with Crippen LogP contribution < -0.4 is 10.5 Å². The zero-order valence-corrected chi connectivity index (χ0v) is 13.8. The van der Waals surface area contributed by atoms with E-state index in [0.717, 1.165) is 12.0 Å². The van der Waals surface area contributed by atoms with Gasteiger partial charge in [0.05, 0.1) is 0 Å². The summed E-state index contributed by atoms with van der Waals surface area (Å²) in [6, 6.07) is 10.6. The Balaban J connectivity index is 2.32. The van der Waals surface area contributed by atoms with Gasteiger partial charge in [0.1, 0.15) is 11.5 Å². The molecule has 0 saturated heterocycles. The summed E-state index contributed by atoms with van der Waals surface area (Å²) < 4.78 is 5.89. The van der Waals surface area contributed by atoms with E-state index in [0.29, 0.717) is 33.0 Å². The fraction of sp³-hybridized carbons (Fsp3) is 0.250. The average Bonchev–Trinajstić information content (AvgIpc) is 2.41. The maximum absolute atomic E-state index is 6.27. The summed E-state index contributed by atoms with van der Waals surface area (Å²) in [4.78, 5) is 0. The SMILES string of the molecule is CCC(N)Cc1c(Cl)cccc1Oc1cc(Cl)cc(Cl)c1. The molecular formula is C16H16Cl3NO. The van der Waals surface area contributed by atoms with Gasteiger partial charge in [-0.05, 0) is 43.2 Å². The van der Waals surface area contributed by atoms with Crippen LogP contribution in [0, 0.1) is 0 Å². The minimum atomic E-state index is 0.0372.